The van der Waals surface area contributed by atoms with E-state index < -0.39 is 0 Å². The minimum atomic E-state index is 0.620. The second-order valence-corrected chi connectivity index (χ2v) is 5.07. The number of rotatable bonds is 2. The van der Waals surface area contributed by atoms with Gasteiger partial charge in [-0.2, -0.15) is 0 Å². The number of aryl methyl sites for hydroxylation is 1. The van der Waals surface area contributed by atoms with Crippen molar-refractivity contribution in [3.8, 4) is 0 Å². The van der Waals surface area contributed by atoms with E-state index in [1.807, 2.05) is 6.20 Å². The monoisotopic (exact) mass is 202 g/mol. The van der Waals surface area contributed by atoms with Gasteiger partial charge in [0.15, 0.2) is 0 Å². The van der Waals surface area contributed by atoms with Crippen molar-refractivity contribution in [1.29, 1.82) is 0 Å². The molecule has 80 valence electrons. The summed E-state index contributed by atoms with van der Waals surface area (Å²) >= 11 is 0. The molecule has 1 saturated carbocycles. The van der Waals surface area contributed by atoms with Crippen molar-refractivity contribution in [1.82, 2.24) is 4.98 Å². The lowest BCUT2D eigenvalue weighted by Gasteiger charge is -2.33. The molecule has 0 aromatic carbocycles. The van der Waals surface area contributed by atoms with Gasteiger partial charge in [0, 0.05) is 12.4 Å². The van der Waals surface area contributed by atoms with E-state index in [2.05, 4.69) is 17.2 Å². The molecule has 0 saturated heterocycles. The summed E-state index contributed by atoms with van der Waals surface area (Å²) in [6.07, 6.45) is 10.6. The highest BCUT2D eigenvalue weighted by Crippen LogP contribution is 2.62. The van der Waals surface area contributed by atoms with E-state index in [0.29, 0.717) is 11.3 Å². The van der Waals surface area contributed by atoms with Crippen molar-refractivity contribution >= 4 is 0 Å². The van der Waals surface area contributed by atoms with E-state index >= 15 is 0 Å². The van der Waals surface area contributed by atoms with Crippen LogP contribution in [0.25, 0.3) is 0 Å². The molecule has 15 heavy (non-hydrogen) atoms. The number of pyridine rings is 1. The fourth-order valence-corrected chi connectivity index (χ4v) is 3.25. The van der Waals surface area contributed by atoms with Gasteiger partial charge in [-0.3, -0.25) is 4.98 Å². The molecule has 1 spiro atoms. The molecular weight excluding hydrogens is 184 g/mol. The van der Waals surface area contributed by atoms with Crippen LogP contribution in [0.2, 0.25) is 0 Å². The third-order valence-electron chi connectivity index (χ3n) is 4.30. The van der Waals surface area contributed by atoms with Crippen LogP contribution in [0.4, 0.5) is 0 Å². The Bertz CT molecular complexity index is 369. The minimum Gasteiger partial charge on any atom is -0.330 e. The Morgan fingerprint density at radius 3 is 3.00 bits per heavy atom. The molecule has 1 unspecified atom stereocenters. The first-order chi connectivity index (χ1) is 7.36. The van der Waals surface area contributed by atoms with Crippen LogP contribution >= 0.6 is 0 Å². The molecule has 1 heterocycles. The molecule has 2 heteroatoms. The maximum Gasteiger partial charge on any atom is 0.0305 e. The summed E-state index contributed by atoms with van der Waals surface area (Å²) in [6.45, 7) is 0.806. The molecule has 1 fully saturated rings. The number of aromatic nitrogens is 1. The zero-order valence-electron chi connectivity index (χ0n) is 9.08. The fourth-order valence-electron chi connectivity index (χ4n) is 3.25. The highest BCUT2D eigenvalue weighted by atomic mass is 14.7. The largest absolute Gasteiger partial charge is 0.330 e. The standard InChI is InChI=1S/C13H18N2/c14-7-2-12-11-9-15-8-3-10(11)1-4-13(12)5-6-13/h3,8-9,12H,1-2,4-7,14H2. The molecule has 2 aliphatic carbocycles. The van der Waals surface area contributed by atoms with E-state index in [0.717, 1.165) is 13.0 Å². The van der Waals surface area contributed by atoms with Crippen molar-refractivity contribution in [3.05, 3.63) is 29.6 Å². The molecule has 0 amide bonds. The predicted molar refractivity (Wildman–Crippen MR) is 60.6 cm³/mol. The van der Waals surface area contributed by atoms with E-state index in [-0.39, 0.29) is 0 Å². The molecule has 2 aliphatic rings. The van der Waals surface area contributed by atoms with Gasteiger partial charge in [-0.05, 0) is 67.2 Å². The van der Waals surface area contributed by atoms with E-state index in [1.165, 1.54) is 36.8 Å². The summed E-state index contributed by atoms with van der Waals surface area (Å²) in [4.78, 5) is 4.28. The van der Waals surface area contributed by atoms with Gasteiger partial charge in [-0.25, -0.2) is 0 Å². The maximum absolute atomic E-state index is 5.74. The van der Waals surface area contributed by atoms with E-state index in [4.69, 9.17) is 5.73 Å². The smallest absolute Gasteiger partial charge is 0.0305 e. The van der Waals surface area contributed by atoms with Gasteiger partial charge in [-0.15, -0.1) is 0 Å². The van der Waals surface area contributed by atoms with Crippen molar-refractivity contribution in [2.45, 2.75) is 38.0 Å². The van der Waals surface area contributed by atoms with Gasteiger partial charge in [0.05, 0.1) is 0 Å². The Kier molecular flexibility index (Phi) is 2.06. The molecule has 1 aromatic heterocycles. The van der Waals surface area contributed by atoms with E-state index in [1.54, 1.807) is 0 Å². The van der Waals surface area contributed by atoms with Crippen molar-refractivity contribution in [3.63, 3.8) is 0 Å². The zero-order chi connectivity index (χ0) is 10.3. The Hall–Kier alpha value is -0.890. The lowest BCUT2D eigenvalue weighted by molar-refractivity contribution is 0.333. The van der Waals surface area contributed by atoms with Gasteiger partial charge in [-0.1, -0.05) is 0 Å². The number of nitrogens with two attached hydrogens (primary N) is 1. The SMILES string of the molecule is NCCC1c2cnccc2CCC12CC2. The van der Waals surface area contributed by atoms with Crippen molar-refractivity contribution in [2.24, 2.45) is 11.1 Å². The van der Waals surface area contributed by atoms with Crippen molar-refractivity contribution < 1.29 is 0 Å². The summed E-state index contributed by atoms with van der Waals surface area (Å²) in [5, 5.41) is 0. The summed E-state index contributed by atoms with van der Waals surface area (Å²) < 4.78 is 0. The second kappa shape index (κ2) is 3.31. The van der Waals surface area contributed by atoms with Crippen LogP contribution in [0, 0.1) is 5.41 Å². The quantitative estimate of drug-likeness (QED) is 0.798. The first-order valence-electron chi connectivity index (χ1n) is 5.99. The van der Waals surface area contributed by atoms with Crippen LogP contribution in [0.1, 0.15) is 42.7 Å². The zero-order valence-corrected chi connectivity index (χ0v) is 9.08. The summed E-state index contributed by atoms with van der Waals surface area (Å²) in [6, 6.07) is 2.19. The van der Waals surface area contributed by atoms with Gasteiger partial charge in [0.1, 0.15) is 0 Å². The van der Waals surface area contributed by atoms with E-state index in [9.17, 15) is 0 Å². The third-order valence-corrected chi connectivity index (χ3v) is 4.30. The lowest BCUT2D eigenvalue weighted by atomic mass is 9.72. The Morgan fingerprint density at radius 2 is 2.27 bits per heavy atom. The molecule has 2 nitrogen and oxygen atoms in total. The molecule has 0 radical (unpaired) electrons. The fraction of sp³-hybridized carbons (Fsp3) is 0.615. The highest BCUT2D eigenvalue weighted by molar-refractivity contribution is 5.34. The molecule has 1 aromatic rings. The lowest BCUT2D eigenvalue weighted by Crippen LogP contribution is -2.24. The first kappa shape index (κ1) is 9.34. The third kappa shape index (κ3) is 1.39. The Morgan fingerprint density at radius 1 is 1.40 bits per heavy atom. The van der Waals surface area contributed by atoms with Gasteiger partial charge in [0.2, 0.25) is 0 Å². The van der Waals surface area contributed by atoms with Crippen LogP contribution in [-0.2, 0) is 6.42 Å². The Labute approximate surface area is 90.9 Å². The van der Waals surface area contributed by atoms with Gasteiger partial charge < -0.3 is 5.73 Å². The molecule has 1 atom stereocenters. The number of hydrogen-bond donors (Lipinski definition) is 1. The highest BCUT2D eigenvalue weighted by Gasteiger charge is 2.51. The summed E-state index contributed by atoms with van der Waals surface area (Å²) in [5.41, 5.74) is 9.37. The van der Waals surface area contributed by atoms with Crippen LogP contribution in [0.3, 0.4) is 0 Å². The molecule has 0 bridgehead atoms. The number of hydrogen-bond acceptors (Lipinski definition) is 2. The first-order valence-corrected chi connectivity index (χ1v) is 5.99. The van der Waals surface area contributed by atoms with Crippen LogP contribution in [0.5, 0.6) is 0 Å². The van der Waals surface area contributed by atoms with Crippen LogP contribution in [0.15, 0.2) is 18.5 Å². The van der Waals surface area contributed by atoms with Crippen LogP contribution < -0.4 is 5.73 Å². The predicted octanol–water partition coefficient (Wildman–Crippen LogP) is 2.24. The van der Waals surface area contributed by atoms with Crippen molar-refractivity contribution in [2.75, 3.05) is 6.54 Å². The second-order valence-electron chi connectivity index (χ2n) is 5.07. The molecule has 2 N–H and O–H groups in total. The average molecular weight is 202 g/mol. The normalized spacial score (nSPS) is 26.3. The average Bonchev–Trinajstić information content (AvgIpc) is 3.04. The summed E-state index contributed by atoms with van der Waals surface area (Å²) in [7, 11) is 0. The van der Waals surface area contributed by atoms with Gasteiger partial charge in [0.25, 0.3) is 0 Å². The summed E-state index contributed by atoms with van der Waals surface area (Å²) in [5.74, 6) is 0.694. The molecular formula is C13H18N2. The molecule has 3 rings (SSSR count). The molecule has 0 aliphatic heterocycles. The van der Waals surface area contributed by atoms with Gasteiger partial charge >= 0.3 is 0 Å². The maximum atomic E-state index is 5.74. The minimum absolute atomic E-state index is 0.620. The number of nitrogens with zero attached hydrogens (tertiary/aromatic N) is 1. The Balaban J connectivity index is 2.00. The number of fused-ring (bicyclic) bond motifs is 1. The van der Waals surface area contributed by atoms with Crippen LogP contribution in [-0.4, -0.2) is 11.5 Å². The topological polar surface area (TPSA) is 38.9 Å².